The molecule has 2 N–H and O–H groups in total. The first kappa shape index (κ1) is 18.8. The van der Waals surface area contributed by atoms with Gasteiger partial charge in [-0.05, 0) is 48.9 Å². The van der Waals surface area contributed by atoms with Crippen molar-refractivity contribution in [3.8, 4) is 23.0 Å². The highest BCUT2D eigenvalue weighted by Crippen LogP contribution is 2.42. The van der Waals surface area contributed by atoms with E-state index in [1.807, 2.05) is 49.4 Å². The molecule has 0 heterocycles. The normalized spacial score (nSPS) is 11.4. The van der Waals surface area contributed by atoms with E-state index in [1.165, 1.54) is 11.6 Å². The molecular formula is C24H26O3. The lowest BCUT2D eigenvalue weighted by atomic mass is 9.79. The van der Waals surface area contributed by atoms with Crippen LogP contribution >= 0.6 is 0 Å². The molecule has 0 spiro atoms. The summed E-state index contributed by atoms with van der Waals surface area (Å²) in [6, 6.07) is 20.9. The number of hydrogen-bond donors (Lipinski definition) is 2. The van der Waals surface area contributed by atoms with Gasteiger partial charge < -0.3 is 14.9 Å². The van der Waals surface area contributed by atoms with Gasteiger partial charge in [0.1, 0.15) is 11.5 Å². The Balaban J connectivity index is 1.79. The van der Waals surface area contributed by atoms with E-state index in [0.29, 0.717) is 11.3 Å². The van der Waals surface area contributed by atoms with Gasteiger partial charge in [-0.25, -0.2) is 0 Å². The summed E-state index contributed by atoms with van der Waals surface area (Å²) in [5, 5.41) is 21.0. The Morgan fingerprint density at radius 1 is 0.852 bits per heavy atom. The Kier molecular flexibility index (Phi) is 5.41. The second-order valence-corrected chi connectivity index (χ2v) is 7.62. The van der Waals surface area contributed by atoms with E-state index >= 15 is 0 Å². The van der Waals surface area contributed by atoms with Crippen LogP contribution in [0.15, 0.2) is 66.7 Å². The molecule has 0 aliphatic rings. The molecule has 0 atom stereocenters. The summed E-state index contributed by atoms with van der Waals surface area (Å²) in [4.78, 5) is 0. The molecule has 0 saturated heterocycles. The van der Waals surface area contributed by atoms with E-state index < -0.39 is 0 Å². The third-order valence-corrected chi connectivity index (χ3v) is 4.94. The second kappa shape index (κ2) is 7.75. The SMILES string of the molecule is Cc1ccc(Oc2cc(O)c(C(C)(C)CCc3ccccc3)cc2O)cc1. The molecule has 3 aromatic carbocycles. The first-order valence-corrected chi connectivity index (χ1v) is 9.20. The number of aromatic hydroxyl groups is 2. The van der Waals surface area contributed by atoms with E-state index in [0.717, 1.165) is 18.4 Å². The monoisotopic (exact) mass is 362 g/mol. The van der Waals surface area contributed by atoms with Gasteiger partial charge in [-0.1, -0.05) is 61.9 Å². The van der Waals surface area contributed by atoms with Crippen LogP contribution in [0.5, 0.6) is 23.0 Å². The molecule has 0 unspecified atom stereocenters. The highest BCUT2D eigenvalue weighted by atomic mass is 16.5. The van der Waals surface area contributed by atoms with Crippen molar-refractivity contribution in [2.75, 3.05) is 0 Å². The predicted molar refractivity (Wildman–Crippen MR) is 109 cm³/mol. The fourth-order valence-corrected chi connectivity index (χ4v) is 3.15. The lowest BCUT2D eigenvalue weighted by Crippen LogP contribution is -2.18. The Hall–Kier alpha value is -2.94. The van der Waals surface area contributed by atoms with Crippen molar-refractivity contribution in [1.82, 2.24) is 0 Å². The summed E-state index contributed by atoms with van der Waals surface area (Å²) in [5.41, 5.74) is 2.81. The molecule has 0 bridgehead atoms. The van der Waals surface area contributed by atoms with Gasteiger partial charge in [-0.3, -0.25) is 0 Å². The molecule has 3 heteroatoms. The predicted octanol–water partition coefficient (Wildman–Crippen LogP) is 6.11. The lowest BCUT2D eigenvalue weighted by molar-refractivity contribution is 0.387. The van der Waals surface area contributed by atoms with Crippen LogP contribution in [0.1, 0.15) is 37.0 Å². The van der Waals surface area contributed by atoms with Crippen molar-refractivity contribution >= 4 is 0 Å². The molecule has 3 aromatic rings. The quantitative estimate of drug-likeness (QED) is 0.520. The van der Waals surface area contributed by atoms with Crippen LogP contribution in [0.2, 0.25) is 0 Å². The number of phenols is 2. The van der Waals surface area contributed by atoms with E-state index in [2.05, 4.69) is 26.0 Å². The van der Waals surface area contributed by atoms with Crippen LogP contribution in [-0.2, 0) is 11.8 Å². The van der Waals surface area contributed by atoms with E-state index in [9.17, 15) is 10.2 Å². The second-order valence-electron chi connectivity index (χ2n) is 7.62. The number of ether oxygens (including phenoxy) is 1. The molecule has 0 aliphatic carbocycles. The van der Waals surface area contributed by atoms with Crippen LogP contribution < -0.4 is 4.74 Å². The maximum Gasteiger partial charge on any atom is 0.172 e. The van der Waals surface area contributed by atoms with Gasteiger partial charge in [0.25, 0.3) is 0 Å². The molecule has 0 amide bonds. The molecule has 0 aliphatic heterocycles. The first-order valence-electron chi connectivity index (χ1n) is 9.20. The van der Waals surface area contributed by atoms with Crippen molar-refractivity contribution in [2.45, 2.75) is 39.0 Å². The fraction of sp³-hybridized carbons (Fsp3) is 0.250. The number of hydrogen-bond acceptors (Lipinski definition) is 3. The fourth-order valence-electron chi connectivity index (χ4n) is 3.15. The van der Waals surface area contributed by atoms with Crippen molar-refractivity contribution in [1.29, 1.82) is 0 Å². The standard InChI is InChI=1S/C24H26O3/c1-17-9-11-19(12-10-17)27-23-16-21(25)20(15-22(23)26)24(2,3)14-13-18-7-5-4-6-8-18/h4-12,15-16,25-26H,13-14H2,1-3H3. The molecule has 3 rings (SSSR count). The minimum absolute atomic E-state index is 0.0242. The van der Waals surface area contributed by atoms with Gasteiger partial charge in [-0.15, -0.1) is 0 Å². The van der Waals surface area contributed by atoms with Crippen LogP contribution in [-0.4, -0.2) is 10.2 Å². The summed E-state index contributed by atoms with van der Waals surface area (Å²) in [7, 11) is 0. The molecule has 3 nitrogen and oxygen atoms in total. The highest BCUT2D eigenvalue weighted by Gasteiger charge is 2.26. The zero-order chi connectivity index (χ0) is 19.4. The zero-order valence-electron chi connectivity index (χ0n) is 16.1. The molecule has 0 fully saturated rings. The Morgan fingerprint density at radius 3 is 2.19 bits per heavy atom. The van der Waals surface area contributed by atoms with Gasteiger partial charge >= 0.3 is 0 Å². The first-order chi connectivity index (χ1) is 12.8. The van der Waals surface area contributed by atoms with Crippen molar-refractivity contribution in [3.05, 3.63) is 83.4 Å². The van der Waals surface area contributed by atoms with Gasteiger partial charge in [-0.2, -0.15) is 0 Å². The average Bonchev–Trinajstić information content (AvgIpc) is 2.65. The van der Waals surface area contributed by atoms with Crippen molar-refractivity contribution < 1.29 is 14.9 Å². The van der Waals surface area contributed by atoms with Crippen LogP contribution in [0.25, 0.3) is 0 Å². The molecule has 140 valence electrons. The number of phenolic OH excluding ortho intramolecular Hbond substituents is 2. The molecule has 0 aromatic heterocycles. The largest absolute Gasteiger partial charge is 0.508 e. The average molecular weight is 362 g/mol. The van der Waals surface area contributed by atoms with Gasteiger partial charge in [0.15, 0.2) is 11.5 Å². The molecular weight excluding hydrogens is 336 g/mol. The summed E-state index contributed by atoms with van der Waals surface area (Å²) >= 11 is 0. The highest BCUT2D eigenvalue weighted by molar-refractivity contribution is 5.53. The summed E-state index contributed by atoms with van der Waals surface area (Å²) in [5.74, 6) is 1.02. The summed E-state index contributed by atoms with van der Waals surface area (Å²) in [6.45, 7) is 6.15. The van der Waals surface area contributed by atoms with Crippen molar-refractivity contribution in [2.24, 2.45) is 0 Å². The molecule has 0 saturated carbocycles. The molecule has 0 radical (unpaired) electrons. The number of rotatable bonds is 6. The number of benzene rings is 3. The van der Waals surface area contributed by atoms with Gasteiger partial charge in [0, 0.05) is 11.6 Å². The maximum atomic E-state index is 10.6. The zero-order valence-corrected chi connectivity index (χ0v) is 16.1. The smallest absolute Gasteiger partial charge is 0.172 e. The number of aryl methyl sites for hydroxylation is 2. The topological polar surface area (TPSA) is 49.7 Å². The van der Waals surface area contributed by atoms with Crippen LogP contribution in [0, 0.1) is 6.92 Å². The summed E-state index contributed by atoms with van der Waals surface area (Å²) in [6.07, 6.45) is 1.75. The third kappa shape index (κ3) is 4.62. The maximum absolute atomic E-state index is 10.6. The minimum atomic E-state index is -0.292. The van der Waals surface area contributed by atoms with Gasteiger partial charge in [0.2, 0.25) is 0 Å². The Bertz CT molecular complexity index is 897. The van der Waals surface area contributed by atoms with Crippen LogP contribution in [0.4, 0.5) is 0 Å². The van der Waals surface area contributed by atoms with E-state index in [4.69, 9.17) is 4.74 Å². The van der Waals surface area contributed by atoms with E-state index in [-0.39, 0.29) is 22.7 Å². The molecule has 27 heavy (non-hydrogen) atoms. The van der Waals surface area contributed by atoms with Crippen LogP contribution in [0.3, 0.4) is 0 Å². The van der Waals surface area contributed by atoms with E-state index in [1.54, 1.807) is 6.07 Å². The Morgan fingerprint density at radius 2 is 1.52 bits per heavy atom. The summed E-state index contributed by atoms with van der Waals surface area (Å²) < 4.78 is 5.73. The van der Waals surface area contributed by atoms with Gasteiger partial charge in [0.05, 0.1) is 0 Å². The third-order valence-electron chi connectivity index (χ3n) is 4.94. The minimum Gasteiger partial charge on any atom is -0.508 e. The lowest BCUT2D eigenvalue weighted by Gasteiger charge is -2.27. The Labute approximate surface area is 160 Å². The van der Waals surface area contributed by atoms with Crippen molar-refractivity contribution in [3.63, 3.8) is 0 Å².